The van der Waals surface area contributed by atoms with E-state index < -0.39 is 0 Å². The largest absolute Gasteiger partial charge is 0.507 e. The maximum absolute atomic E-state index is 9.73. The number of methoxy groups -OCH3 is 2. The highest BCUT2D eigenvalue weighted by atomic mass is 16.5. The van der Waals surface area contributed by atoms with Crippen molar-refractivity contribution in [1.29, 1.82) is 0 Å². The molecule has 4 nitrogen and oxygen atoms in total. The summed E-state index contributed by atoms with van der Waals surface area (Å²) in [6.45, 7) is 0. The van der Waals surface area contributed by atoms with Crippen molar-refractivity contribution in [2.24, 2.45) is 0 Å². The molecule has 0 atom stereocenters. The second kappa shape index (κ2) is 6.70. The topological polar surface area (TPSA) is 58.9 Å². The summed E-state index contributed by atoms with van der Waals surface area (Å²) in [5.41, 5.74) is 1.64. The SMILES string of the molecule is COc1c(O)ccc(C/C=C\c2ccccc2O)c1OC. The van der Waals surface area contributed by atoms with Crippen molar-refractivity contribution in [3.05, 3.63) is 53.6 Å². The molecule has 2 N–H and O–H groups in total. The van der Waals surface area contributed by atoms with Crippen molar-refractivity contribution < 1.29 is 19.7 Å². The Bertz CT molecular complexity index is 647. The van der Waals surface area contributed by atoms with Gasteiger partial charge in [-0.2, -0.15) is 0 Å². The number of phenolic OH excluding ortho intramolecular Hbond substituents is 2. The second-order valence-electron chi connectivity index (χ2n) is 4.48. The molecule has 0 aliphatic heterocycles. The van der Waals surface area contributed by atoms with E-state index in [0.29, 0.717) is 17.9 Å². The lowest BCUT2D eigenvalue weighted by molar-refractivity contribution is 0.331. The third-order valence-electron chi connectivity index (χ3n) is 3.15. The Kier molecular flexibility index (Phi) is 4.72. The lowest BCUT2D eigenvalue weighted by Gasteiger charge is -2.12. The standard InChI is InChI=1S/C17H18O4/c1-20-16-13(10-11-15(19)17(16)21-2)8-5-7-12-6-3-4-9-14(12)18/h3-7,9-11,18-19H,8H2,1-2H3/b7-5-. The molecule has 2 rings (SSSR count). The first-order chi connectivity index (χ1) is 10.2. The molecule has 0 saturated heterocycles. The van der Waals surface area contributed by atoms with Crippen LogP contribution in [0.2, 0.25) is 0 Å². The van der Waals surface area contributed by atoms with Crippen LogP contribution in [-0.4, -0.2) is 24.4 Å². The fraction of sp³-hybridized carbons (Fsp3) is 0.176. The molecular formula is C17H18O4. The monoisotopic (exact) mass is 286 g/mol. The van der Waals surface area contributed by atoms with Gasteiger partial charge in [0.2, 0.25) is 5.75 Å². The smallest absolute Gasteiger partial charge is 0.203 e. The summed E-state index contributed by atoms with van der Waals surface area (Å²) in [6, 6.07) is 10.5. The van der Waals surface area contributed by atoms with E-state index in [1.807, 2.05) is 24.3 Å². The number of rotatable bonds is 5. The Morgan fingerprint density at radius 3 is 2.29 bits per heavy atom. The molecule has 0 bridgehead atoms. The first-order valence-electron chi connectivity index (χ1n) is 6.54. The van der Waals surface area contributed by atoms with Crippen LogP contribution in [0.5, 0.6) is 23.0 Å². The molecule has 0 heterocycles. The van der Waals surface area contributed by atoms with Crippen molar-refractivity contribution in [2.45, 2.75) is 6.42 Å². The van der Waals surface area contributed by atoms with Crippen molar-refractivity contribution in [3.8, 4) is 23.0 Å². The predicted molar refractivity (Wildman–Crippen MR) is 82.1 cm³/mol. The third kappa shape index (κ3) is 3.28. The van der Waals surface area contributed by atoms with Gasteiger partial charge in [0.25, 0.3) is 0 Å². The maximum atomic E-state index is 9.73. The van der Waals surface area contributed by atoms with Crippen LogP contribution in [0.1, 0.15) is 11.1 Å². The average molecular weight is 286 g/mol. The van der Waals surface area contributed by atoms with E-state index in [4.69, 9.17) is 9.47 Å². The fourth-order valence-electron chi connectivity index (χ4n) is 2.12. The second-order valence-corrected chi connectivity index (χ2v) is 4.48. The van der Waals surface area contributed by atoms with Crippen molar-refractivity contribution in [3.63, 3.8) is 0 Å². The number of benzene rings is 2. The van der Waals surface area contributed by atoms with E-state index in [1.54, 1.807) is 24.3 Å². The predicted octanol–water partition coefficient (Wildman–Crippen LogP) is 3.37. The number of hydrogen-bond donors (Lipinski definition) is 2. The van der Waals surface area contributed by atoms with Gasteiger partial charge in [0.1, 0.15) is 5.75 Å². The molecule has 2 aromatic carbocycles. The minimum Gasteiger partial charge on any atom is -0.507 e. The van der Waals surface area contributed by atoms with Crippen LogP contribution >= 0.6 is 0 Å². The summed E-state index contributed by atoms with van der Waals surface area (Å²) < 4.78 is 10.5. The van der Waals surface area contributed by atoms with Crippen molar-refractivity contribution in [2.75, 3.05) is 14.2 Å². The number of phenols is 2. The Morgan fingerprint density at radius 1 is 0.905 bits per heavy atom. The summed E-state index contributed by atoms with van der Waals surface area (Å²) in [6.07, 6.45) is 4.35. The number of para-hydroxylation sites is 1. The van der Waals surface area contributed by atoms with Gasteiger partial charge in [0.15, 0.2) is 11.5 Å². The Balaban J connectivity index is 2.23. The van der Waals surface area contributed by atoms with Gasteiger partial charge in [-0.3, -0.25) is 0 Å². The van der Waals surface area contributed by atoms with Crippen molar-refractivity contribution >= 4 is 6.08 Å². The van der Waals surface area contributed by atoms with Gasteiger partial charge in [0, 0.05) is 11.1 Å². The Hall–Kier alpha value is -2.62. The fourth-order valence-corrected chi connectivity index (χ4v) is 2.12. The van der Waals surface area contributed by atoms with Gasteiger partial charge < -0.3 is 19.7 Å². The summed E-state index contributed by atoms with van der Waals surface area (Å²) >= 11 is 0. The molecule has 0 aliphatic carbocycles. The number of aromatic hydroxyl groups is 2. The Morgan fingerprint density at radius 2 is 1.62 bits per heavy atom. The molecular weight excluding hydrogens is 268 g/mol. The number of hydrogen-bond acceptors (Lipinski definition) is 4. The summed E-state index contributed by atoms with van der Waals surface area (Å²) in [7, 11) is 3.02. The highest BCUT2D eigenvalue weighted by Gasteiger charge is 2.13. The molecule has 0 fully saturated rings. The quantitative estimate of drug-likeness (QED) is 0.884. The normalized spacial score (nSPS) is 10.8. The molecule has 0 aromatic heterocycles. The highest BCUT2D eigenvalue weighted by molar-refractivity contribution is 5.59. The lowest BCUT2D eigenvalue weighted by atomic mass is 10.1. The molecule has 0 radical (unpaired) electrons. The van der Waals surface area contributed by atoms with Crippen LogP contribution in [0.3, 0.4) is 0 Å². The van der Waals surface area contributed by atoms with E-state index in [2.05, 4.69) is 0 Å². The third-order valence-corrected chi connectivity index (χ3v) is 3.15. The van der Waals surface area contributed by atoms with Crippen molar-refractivity contribution in [1.82, 2.24) is 0 Å². The maximum Gasteiger partial charge on any atom is 0.203 e. The Labute approximate surface area is 123 Å². The van der Waals surface area contributed by atoms with Crippen LogP contribution in [0.25, 0.3) is 6.08 Å². The minimum absolute atomic E-state index is 0.0442. The van der Waals surface area contributed by atoms with Gasteiger partial charge in [-0.15, -0.1) is 0 Å². The minimum atomic E-state index is 0.0442. The zero-order valence-electron chi connectivity index (χ0n) is 12.0. The first-order valence-corrected chi connectivity index (χ1v) is 6.54. The van der Waals surface area contributed by atoms with Crippen LogP contribution < -0.4 is 9.47 Å². The first kappa shape index (κ1) is 14.8. The average Bonchev–Trinajstić information content (AvgIpc) is 2.50. The molecule has 21 heavy (non-hydrogen) atoms. The van der Waals surface area contributed by atoms with Gasteiger partial charge >= 0.3 is 0 Å². The molecule has 110 valence electrons. The number of ether oxygens (including phenoxy) is 2. The van der Waals surface area contributed by atoms with Gasteiger partial charge in [0.05, 0.1) is 14.2 Å². The van der Waals surface area contributed by atoms with E-state index in [0.717, 1.165) is 11.1 Å². The summed E-state index contributed by atoms with van der Waals surface area (Å²) in [5.74, 6) is 1.12. The molecule has 0 unspecified atom stereocenters. The highest BCUT2D eigenvalue weighted by Crippen LogP contribution is 2.39. The van der Waals surface area contributed by atoms with Crippen LogP contribution in [0.4, 0.5) is 0 Å². The zero-order valence-corrected chi connectivity index (χ0v) is 12.0. The van der Waals surface area contributed by atoms with Crippen LogP contribution in [0, 0.1) is 0 Å². The molecule has 0 aliphatic rings. The van der Waals surface area contributed by atoms with Crippen LogP contribution in [-0.2, 0) is 6.42 Å². The van der Waals surface area contributed by atoms with E-state index >= 15 is 0 Å². The van der Waals surface area contributed by atoms with E-state index in [-0.39, 0.29) is 11.5 Å². The summed E-state index contributed by atoms with van der Waals surface area (Å²) in [4.78, 5) is 0. The molecule has 0 saturated carbocycles. The molecule has 0 spiro atoms. The molecule has 2 aromatic rings. The van der Waals surface area contributed by atoms with Gasteiger partial charge in [-0.05, 0) is 18.6 Å². The molecule has 0 amide bonds. The lowest BCUT2D eigenvalue weighted by Crippen LogP contribution is -1.95. The summed E-state index contributed by atoms with van der Waals surface area (Å²) in [5, 5.41) is 19.4. The van der Waals surface area contributed by atoms with E-state index in [1.165, 1.54) is 14.2 Å². The van der Waals surface area contributed by atoms with E-state index in [9.17, 15) is 10.2 Å². The molecule has 4 heteroatoms. The van der Waals surface area contributed by atoms with Gasteiger partial charge in [-0.25, -0.2) is 0 Å². The van der Waals surface area contributed by atoms with Gasteiger partial charge in [-0.1, -0.05) is 36.4 Å². The van der Waals surface area contributed by atoms with Crippen LogP contribution in [0.15, 0.2) is 42.5 Å². The number of allylic oxidation sites excluding steroid dienone is 1. The zero-order chi connectivity index (χ0) is 15.2.